The number of aryl methyl sites for hydroxylation is 1. The normalized spacial score (nSPS) is 22.1. The summed E-state index contributed by atoms with van der Waals surface area (Å²) in [6, 6.07) is 7.71. The highest BCUT2D eigenvalue weighted by atomic mass is 32.1. The molecule has 4 atom stereocenters. The molecule has 1 aliphatic rings. The molecule has 0 bridgehead atoms. The third-order valence-electron chi connectivity index (χ3n) is 6.00. The van der Waals surface area contributed by atoms with E-state index in [1.807, 2.05) is 24.3 Å². The maximum absolute atomic E-state index is 13.0. The van der Waals surface area contributed by atoms with Crippen molar-refractivity contribution < 1.29 is 9.90 Å². The topological polar surface area (TPSA) is 91.5 Å². The predicted molar refractivity (Wildman–Crippen MR) is 122 cm³/mol. The number of β-amino-alcohol motifs (C(OH)–C–C–N with tert-alkyl or cyclic N) is 1. The number of hydrogen-bond acceptors (Lipinski definition) is 6. The van der Waals surface area contributed by atoms with Crippen LogP contribution in [-0.4, -0.2) is 52.2 Å². The van der Waals surface area contributed by atoms with Gasteiger partial charge < -0.3 is 16.2 Å². The molecule has 30 heavy (non-hydrogen) atoms. The Morgan fingerprint density at radius 3 is 2.60 bits per heavy atom. The third-order valence-corrected chi connectivity index (χ3v) is 6.98. The van der Waals surface area contributed by atoms with Gasteiger partial charge in [-0.2, -0.15) is 0 Å². The Morgan fingerprint density at radius 2 is 2.03 bits per heavy atom. The summed E-state index contributed by atoms with van der Waals surface area (Å²) in [4.78, 5) is 20.5. The van der Waals surface area contributed by atoms with Gasteiger partial charge in [-0.05, 0) is 36.8 Å². The van der Waals surface area contributed by atoms with Crippen LogP contribution in [0.15, 0.2) is 29.8 Å². The Morgan fingerprint density at radius 1 is 1.37 bits per heavy atom. The molecule has 1 fully saturated rings. The minimum Gasteiger partial charge on any atom is -0.392 e. The monoisotopic (exact) mass is 430 g/mol. The lowest BCUT2D eigenvalue weighted by atomic mass is 9.87. The molecule has 2 aromatic rings. The number of carbonyl (C=O) groups is 1. The van der Waals surface area contributed by atoms with Gasteiger partial charge >= 0.3 is 0 Å². The minimum absolute atomic E-state index is 0.0532. The molecule has 0 radical (unpaired) electrons. The van der Waals surface area contributed by atoms with Gasteiger partial charge in [0.2, 0.25) is 5.91 Å². The SMILES string of the molecule is Cc1ncsc1-c1ccc([C@H](C)NC(=O)[C@@H]2C[C@@H](O)CN2CC(N)C(C)(C)C)cc1. The van der Waals surface area contributed by atoms with E-state index in [4.69, 9.17) is 5.73 Å². The number of thiazole rings is 1. The van der Waals surface area contributed by atoms with Crippen molar-refractivity contribution in [3.8, 4) is 10.4 Å². The van der Waals surface area contributed by atoms with Gasteiger partial charge in [0.25, 0.3) is 0 Å². The van der Waals surface area contributed by atoms with Crippen LogP contribution in [0.3, 0.4) is 0 Å². The van der Waals surface area contributed by atoms with Crippen molar-refractivity contribution in [2.75, 3.05) is 13.1 Å². The predicted octanol–water partition coefficient (Wildman–Crippen LogP) is 3.10. The summed E-state index contributed by atoms with van der Waals surface area (Å²) in [6.45, 7) is 11.4. The molecule has 4 N–H and O–H groups in total. The number of amides is 1. The highest BCUT2D eigenvalue weighted by Gasteiger charge is 2.38. The summed E-state index contributed by atoms with van der Waals surface area (Å²) >= 11 is 1.63. The Hall–Kier alpha value is -1.80. The van der Waals surface area contributed by atoms with Crippen molar-refractivity contribution in [3.05, 3.63) is 41.0 Å². The smallest absolute Gasteiger partial charge is 0.237 e. The second kappa shape index (κ2) is 9.14. The van der Waals surface area contributed by atoms with E-state index in [1.54, 1.807) is 11.3 Å². The molecular weight excluding hydrogens is 396 g/mol. The van der Waals surface area contributed by atoms with Gasteiger partial charge in [0.15, 0.2) is 0 Å². The molecule has 0 spiro atoms. The third kappa shape index (κ3) is 5.27. The number of benzene rings is 1. The fraction of sp³-hybridized carbons (Fsp3) is 0.565. The van der Waals surface area contributed by atoms with Crippen molar-refractivity contribution in [1.82, 2.24) is 15.2 Å². The molecule has 6 nitrogen and oxygen atoms in total. The molecular formula is C23H34N4O2S. The molecule has 0 saturated carbocycles. The van der Waals surface area contributed by atoms with E-state index >= 15 is 0 Å². The second-order valence-electron chi connectivity index (χ2n) is 9.45. The van der Waals surface area contributed by atoms with E-state index in [2.05, 4.69) is 55.3 Å². The Kier molecular flexibility index (Phi) is 6.97. The van der Waals surface area contributed by atoms with E-state index in [9.17, 15) is 9.90 Å². The lowest BCUT2D eigenvalue weighted by molar-refractivity contribution is -0.126. The van der Waals surface area contributed by atoms with Gasteiger partial charge in [-0.25, -0.2) is 4.98 Å². The molecule has 1 saturated heterocycles. The Bertz CT molecular complexity index is 859. The first kappa shape index (κ1) is 22.9. The van der Waals surface area contributed by atoms with Crippen LogP contribution in [0.2, 0.25) is 0 Å². The number of likely N-dealkylation sites (tertiary alicyclic amines) is 1. The molecule has 3 rings (SSSR count). The second-order valence-corrected chi connectivity index (χ2v) is 10.3. The molecule has 1 amide bonds. The van der Waals surface area contributed by atoms with Gasteiger partial charge in [-0.1, -0.05) is 45.0 Å². The van der Waals surface area contributed by atoms with Crippen LogP contribution >= 0.6 is 11.3 Å². The molecule has 1 aromatic carbocycles. The maximum atomic E-state index is 13.0. The summed E-state index contributed by atoms with van der Waals surface area (Å²) < 4.78 is 0. The summed E-state index contributed by atoms with van der Waals surface area (Å²) in [7, 11) is 0. The van der Waals surface area contributed by atoms with Crippen molar-refractivity contribution in [3.63, 3.8) is 0 Å². The van der Waals surface area contributed by atoms with Gasteiger partial charge in [-0.3, -0.25) is 9.69 Å². The molecule has 0 aliphatic carbocycles. The van der Waals surface area contributed by atoms with E-state index < -0.39 is 6.10 Å². The number of carbonyl (C=O) groups excluding carboxylic acids is 1. The lowest BCUT2D eigenvalue weighted by Crippen LogP contribution is -2.51. The van der Waals surface area contributed by atoms with Crippen LogP contribution in [0.5, 0.6) is 0 Å². The summed E-state index contributed by atoms with van der Waals surface area (Å²) in [5, 5.41) is 13.3. The van der Waals surface area contributed by atoms with Gasteiger partial charge in [0.05, 0.1) is 34.3 Å². The molecule has 2 heterocycles. The fourth-order valence-corrected chi connectivity index (χ4v) is 4.59. The van der Waals surface area contributed by atoms with Crippen molar-refractivity contribution in [2.45, 2.75) is 65.3 Å². The highest BCUT2D eigenvalue weighted by molar-refractivity contribution is 7.13. The summed E-state index contributed by atoms with van der Waals surface area (Å²) in [5.41, 5.74) is 11.4. The van der Waals surface area contributed by atoms with E-state index in [-0.39, 0.29) is 29.4 Å². The summed E-state index contributed by atoms with van der Waals surface area (Å²) in [6.07, 6.45) is -0.0518. The van der Waals surface area contributed by atoms with E-state index in [0.717, 1.165) is 16.8 Å². The average Bonchev–Trinajstić information content (AvgIpc) is 3.26. The lowest BCUT2D eigenvalue weighted by Gasteiger charge is -2.33. The maximum Gasteiger partial charge on any atom is 0.237 e. The standard InChI is InChI=1S/C23H34N4O2S/c1-14(16-6-8-17(9-7-16)21-15(2)25-13-30-21)26-22(29)19-10-18(28)11-27(19)12-20(24)23(3,4)5/h6-9,13-14,18-20,28H,10-12,24H2,1-5H3,(H,26,29)/t14-,18+,19-,20?/m0/s1. The van der Waals surface area contributed by atoms with Crippen LogP contribution < -0.4 is 11.1 Å². The number of hydrogen-bond donors (Lipinski definition) is 3. The van der Waals surface area contributed by atoms with E-state index in [1.165, 1.54) is 4.88 Å². The first-order valence-electron chi connectivity index (χ1n) is 10.5. The van der Waals surface area contributed by atoms with Crippen LogP contribution in [-0.2, 0) is 4.79 Å². The molecule has 1 aliphatic heterocycles. The largest absolute Gasteiger partial charge is 0.392 e. The van der Waals surface area contributed by atoms with Crippen molar-refractivity contribution in [1.29, 1.82) is 0 Å². The van der Waals surface area contributed by atoms with Crippen LogP contribution in [0, 0.1) is 12.3 Å². The van der Waals surface area contributed by atoms with Gasteiger partial charge in [-0.15, -0.1) is 11.3 Å². The number of nitrogens with two attached hydrogens (primary N) is 1. The zero-order chi connectivity index (χ0) is 22.1. The Balaban J connectivity index is 1.64. The van der Waals surface area contributed by atoms with Crippen LogP contribution in [0.25, 0.3) is 10.4 Å². The van der Waals surface area contributed by atoms with Gasteiger partial charge in [0, 0.05) is 19.1 Å². The summed E-state index contributed by atoms with van der Waals surface area (Å²) in [5.74, 6) is -0.0532. The zero-order valence-electron chi connectivity index (χ0n) is 18.6. The Labute approximate surface area is 183 Å². The molecule has 164 valence electrons. The van der Waals surface area contributed by atoms with E-state index in [0.29, 0.717) is 19.5 Å². The zero-order valence-corrected chi connectivity index (χ0v) is 19.4. The van der Waals surface area contributed by atoms with Crippen molar-refractivity contribution >= 4 is 17.2 Å². The quantitative estimate of drug-likeness (QED) is 0.655. The number of rotatable bonds is 6. The number of nitrogens with one attached hydrogen (secondary N) is 1. The number of aliphatic hydroxyl groups excluding tert-OH is 1. The number of aromatic nitrogens is 1. The highest BCUT2D eigenvalue weighted by Crippen LogP contribution is 2.29. The molecule has 1 aromatic heterocycles. The number of nitrogens with zero attached hydrogens (tertiary/aromatic N) is 2. The minimum atomic E-state index is -0.495. The number of aliphatic hydroxyl groups is 1. The molecule has 1 unspecified atom stereocenters. The van der Waals surface area contributed by atoms with Crippen LogP contribution in [0.1, 0.15) is 51.4 Å². The van der Waals surface area contributed by atoms with Gasteiger partial charge in [0.1, 0.15) is 0 Å². The average molecular weight is 431 g/mol. The first-order chi connectivity index (χ1) is 14.1. The molecule has 7 heteroatoms. The first-order valence-corrected chi connectivity index (χ1v) is 11.4. The van der Waals surface area contributed by atoms with Crippen LogP contribution in [0.4, 0.5) is 0 Å². The van der Waals surface area contributed by atoms with Crippen molar-refractivity contribution in [2.24, 2.45) is 11.1 Å². The fourth-order valence-electron chi connectivity index (χ4n) is 3.78.